The van der Waals surface area contributed by atoms with E-state index in [0.717, 1.165) is 78.0 Å². The number of fused-ring (bicyclic) bond motifs is 2. The molecule has 0 bridgehead atoms. The Hall–Kier alpha value is -4.32. The summed E-state index contributed by atoms with van der Waals surface area (Å²) in [5.41, 5.74) is 7.37. The minimum absolute atomic E-state index is 0. The molecule has 1 aliphatic carbocycles. The fourth-order valence-corrected chi connectivity index (χ4v) is 7.88. The topological polar surface area (TPSA) is 115 Å². The number of halogens is 1. The molecule has 1 saturated heterocycles. The molecule has 1 radical (unpaired) electrons. The van der Waals surface area contributed by atoms with Gasteiger partial charge in [-0.15, -0.1) is 6.54 Å². The van der Waals surface area contributed by atoms with Crippen LogP contribution in [0.5, 0.6) is 5.88 Å². The van der Waals surface area contributed by atoms with Crippen molar-refractivity contribution in [3.05, 3.63) is 98.9 Å². The summed E-state index contributed by atoms with van der Waals surface area (Å²) in [7, 11) is 4.95. The quantitative estimate of drug-likeness (QED) is 0.0820. The zero-order valence-corrected chi connectivity index (χ0v) is 32.2. The van der Waals surface area contributed by atoms with Gasteiger partial charge in [0.2, 0.25) is 5.88 Å². The van der Waals surface area contributed by atoms with Crippen LogP contribution in [0.15, 0.2) is 65.7 Å². The molecule has 0 spiro atoms. The number of likely N-dealkylation sites (tertiary alicyclic amines) is 1. The predicted octanol–water partition coefficient (Wildman–Crippen LogP) is 6.44. The Morgan fingerprint density at radius 3 is 2.70 bits per heavy atom. The van der Waals surface area contributed by atoms with Crippen molar-refractivity contribution < 1.29 is 31.3 Å². The minimum atomic E-state index is -0.222. The number of ether oxygens (including phenoxy) is 2. The first-order valence-electron chi connectivity index (χ1n) is 17.5. The number of hydrogen-bond acceptors (Lipinski definition) is 9. The summed E-state index contributed by atoms with van der Waals surface area (Å²) in [5.74, 6) is 2.55. The number of amides is 1. The molecule has 2 aliphatic rings. The summed E-state index contributed by atoms with van der Waals surface area (Å²) in [6.45, 7) is 5.63. The van der Waals surface area contributed by atoms with E-state index >= 15 is 0 Å². The molecule has 13 heteroatoms. The molecule has 1 unspecified atom stereocenters. The van der Waals surface area contributed by atoms with Crippen LogP contribution in [-0.4, -0.2) is 83.0 Å². The molecule has 2 aromatic carbocycles. The van der Waals surface area contributed by atoms with Crippen molar-refractivity contribution in [1.82, 2.24) is 29.5 Å². The summed E-state index contributed by atoms with van der Waals surface area (Å²) in [6, 6.07) is 16.2. The summed E-state index contributed by atoms with van der Waals surface area (Å²) in [4.78, 5) is 38.1. The van der Waals surface area contributed by atoms with E-state index < -0.39 is 0 Å². The van der Waals surface area contributed by atoms with Gasteiger partial charge in [-0.1, -0.05) is 41.9 Å². The molecule has 1 aliphatic heterocycles. The minimum Gasteiger partial charge on any atom is -0.520 e. The largest absolute Gasteiger partial charge is 2.00 e. The Morgan fingerprint density at radius 2 is 1.91 bits per heavy atom. The van der Waals surface area contributed by atoms with Gasteiger partial charge < -0.3 is 29.4 Å². The van der Waals surface area contributed by atoms with Crippen molar-refractivity contribution in [3.63, 3.8) is 0 Å². The number of anilines is 2. The van der Waals surface area contributed by atoms with Gasteiger partial charge in [0.25, 0.3) is 5.56 Å². The molecule has 53 heavy (non-hydrogen) atoms. The molecule has 11 nitrogen and oxygen atoms in total. The maximum Gasteiger partial charge on any atom is 2.00 e. The SMILES string of the molecule is COCCN([C-]=O)CC[C-]1CCN(C2CCc3cc(-c4cccc(-c5cccc(Nc6nccc7cnn(C)c(=O)c67)c5C)c4Cl)nc(OC)c32)C1.[Mn+2]. The van der Waals surface area contributed by atoms with E-state index in [0.29, 0.717) is 47.2 Å². The van der Waals surface area contributed by atoms with Gasteiger partial charge in [0.05, 0.1) is 36.0 Å². The van der Waals surface area contributed by atoms with Crippen molar-refractivity contribution >= 4 is 40.3 Å². The molecule has 1 fully saturated rings. The average molecular weight is 775 g/mol. The Kier molecular flexibility index (Phi) is 12.2. The van der Waals surface area contributed by atoms with Crippen molar-refractivity contribution in [3.8, 4) is 28.3 Å². The fraction of sp³-hybridized carbons (Fsp3) is 0.350. The van der Waals surface area contributed by atoms with Crippen LogP contribution >= 0.6 is 11.6 Å². The maximum atomic E-state index is 13.0. The van der Waals surface area contributed by atoms with E-state index in [1.807, 2.05) is 49.7 Å². The van der Waals surface area contributed by atoms with Gasteiger partial charge in [-0.2, -0.15) is 24.4 Å². The first-order valence-corrected chi connectivity index (χ1v) is 17.9. The zero-order chi connectivity index (χ0) is 36.4. The summed E-state index contributed by atoms with van der Waals surface area (Å²) >= 11 is 7.25. The first-order chi connectivity index (χ1) is 25.3. The van der Waals surface area contributed by atoms with E-state index in [9.17, 15) is 9.59 Å². The molecule has 5 aromatic rings. The second-order valence-corrected chi connectivity index (χ2v) is 13.8. The molecule has 7 rings (SSSR count). The molecule has 1 atom stereocenters. The number of aromatic nitrogens is 4. The first kappa shape index (κ1) is 38.4. The predicted molar refractivity (Wildman–Crippen MR) is 204 cm³/mol. The van der Waals surface area contributed by atoms with Crippen LogP contribution in [-0.2, 0) is 40.1 Å². The maximum absolute atomic E-state index is 13.0. The van der Waals surface area contributed by atoms with Crippen molar-refractivity contribution in [2.24, 2.45) is 7.05 Å². The van der Waals surface area contributed by atoms with Gasteiger partial charge in [-0.05, 0) is 67.7 Å². The van der Waals surface area contributed by atoms with Crippen molar-refractivity contribution in [2.45, 2.75) is 38.6 Å². The van der Waals surface area contributed by atoms with Crippen LogP contribution in [0, 0.1) is 12.8 Å². The normalized spacial score (nSPS) is 15.7. The van der Waals surface area contributed by atoms with Crippen LogP contribution in [0.4, 0.5) is 11.5 Å². The number of nitrogens with one attached hydrogen (secondary N) is 1. The van der Waals surface area contributed by atoms with E-state index in [1.165, 1.54) is 16.2 Å². The molecule has 4 heterocycles. The third-order valence-electron chi connectivity index (χ3n) is 10.4. The van der Waals surface area contributed by atoms with Crippen LogP contribution in [0.25, 0.3) is 33.2 Å². The number of benzene rings is 2. The van der Waals surface area contributed by atoms with Crippen molar-refractivity contribution in [1.29, 1.82) is 0 Å². The zero-order valence-electron chi connectivity index (χ0n) is 30.3. The number of hydrogen-bond donors (Lipinski definition) is 1. The molecular formula is C40H42ClMnN7O4. The summed E-state index contributed by atoms with van der Waals surface area (Å²) < 4.78 is 12.4. The average Bonchev–Trinajstić information content (AvgIpc) is 3.81. The smallest absolute Gasteiger partial charge is 0.520 e. The van der Waals surface area contributed by atoms with Gasteiger partial charge in [0.1, 0.15) is 5.82 Å². The van der Waals surface area contributed by atoms with Gasteiger partial charge in [-0.3, -0.25) is 10.7 Å². The second kappa shape index (κ2) is 16.8. The standard InChI is InChI=1S/C40H42ClN7O4.Mn/c1-25-29(7-6-10-32(25)44-38-36-28(13-16-42-38)22-43-46(2)40(36)50)30-8-5-9-31(37(30)41)33-21-27-11-12-34(35(27)39(45-33)52-4)48-18-15-26(23-48)14-17-47(24-49)19-20-51-3;/h5-10,13,16,21-22,34H,11-12,14-15,17-20,23H2,1-4H3,(H,42,44);/q-2;+2. The second-order valence-electron chi connectivity index (χ2n) is 13.4. The molecule has 0 saturated carbocycles. The van der Waals surface area contributed by atoms with Gasteiger partial charge >= 0.3 is 17.1 Å². The van der Waals surface area contributed by atoms with E-state index in [-0.39, 0.29) is 28.7 Å². The molecule has 275 valence electrons. The van der Waals surface area contributed by atoms with Gasteiger partial charge in [-0.25, -0.2) is 14.6 Å². The Labute approximate surface area is 325 Å². The number of rotatable bonds is 13. The van der Waals surface area contributed by atoms with Gasteiger partial charge in [0.15, 0.2) is 0 Å². The Balaban J connectivity index is 0.00000481. The third kappa shape index (κ3) is 7.70. The van der Waals surface area contributed by atoms with Gasteiger partial charge in [0, 0.05) is 60.7 Å². The van der Waals surface area contributed by atoms with E-state index in [4.69, 9.17) is 26.1 Å². The molecule has 1 N–H and O–H groups in total. The summed E-state index contributed by atoms with van der Waals surface area (Å²) in [5, 5.41) is 9.34. The summed E-state index contributed by atoms with van der Waals surface area (Å²) in [6.07, 6.45) is 9.18. The molecular weight excluding hydrogens is 733 g/mol. The fourth-order valence-electron chi connectivity index (χ4n) is 7.55. The molecule has 3 aromatic heterocycles. The Bertz CT molecular complexity index is 2180. The van der Waals surface area contributed by atoms with Crippen molar-refractivity contribution in [2.75, 3.05) is 52.3 Å². The number of nitrogens with zero attached hydrogens (tertiary/aromatic N) is 6. The number of carbonyl (C=O) groups excluding carboxylic acids is 1. The van der Waals surface area contributed by atoms with Crippen LogP contribution in [0.3, 0.4) is 0 Å². The number of pyridine rings is 2. The Morgan fingerprint density at radius 1 is 1.11 bits per heavy atom. The number of aryl methyl sites for hydroxylation is 2. The monoisotopic (exact) mass is 774 g/mol. The van der Waals surface area contributed by atoms with Crippen LogP contribution in [0.1, 0.15) is 42.0 Å². The van der Waals surface area contributed by atoms with E-state index in [1.54, 1.807) is 44.6 Å². The number of methoxy groups -OCH3 is 2. The van der Waals surface area contributed by atoms with E-state index in [2.05, 4.69) is 26.4 Å². The molecule has 1 amide bonds. The van der Waals surface area contributed by atoms with Crippen LogP contribution in [0.2, 0.25) is 5.02 Å². The third-order valence-corrected chi connectivity index (χ3v) is 10.8. The van der Waals surface area contributed by atoms with Crippen LogP contribution < -0.4 is 15.6 Å².